The van der Waals surface area contributed by atoms with Gasteiger partial charge in [0.2, 0.25) is 0 Å². The number of hydrogen-bond donors (Lipinski definition) is 0. The van der Waals surface area contributed by atoms with Crippen LogP contribution in [0.3, 0.4) is 0 Å². The highest BCUT2D eigenvalue weighted by Crippen LogP contribution is 2.12. The van der Waals surface area contributed by atoms with Crippen molar-refractivity contribution in [1.82, 2.24) is 9.55 Å². The lowest BCUT2D eigenvalue weighted by molar-refractivity contribution is -0.119. The van der Waals surface area contributed by atoms with Crippen molar-refractivity contribution in [2.75, 3.05) is 0 Å². The van der Waals surface area contributed by atoms with Crippen molar-refractivity contribution in [3.63, 3.8) is 0 Å². The predicted octanol–water partition coefficient (Wildman–Crippen LogP) is 3.01. The van der Waals surface area contributed by atoms with Gasteiger partial charge >= 0.3 is 0 Å². The molecular formula is C14H18N2OS. The van der Waals surface area contributed by atoms with Crippen molar-refractivity contribution >= 4 is 17.1 Å². The van der Waals surface area contributed by atoms with E-state index in [1.54, 1.807) is 17.5 Å². The zero-order chi connectivity index (χ0) is 12.8. The molecule has 0 aliphatic carbocycles. The van der Waals surface area contributed by atoms with Crippen LogP contribution in [0.2, 0.25) is 0 Å². The van der Waals surface area contributed by atoms with E-state index in [0.29, 0.717) is 18.6 Å². The maximum atomic E-state index is 11.7. The molecule has 0 unspecified atom stereocenters. The van der Waals surface area contributed by atoms with Crippen molar-refractivity contribution < 1.29 is 4.79 Å². The molecule has 4 heteroatoms. The van der Waals surface area contributed by atoms with Crippen LogP contribution in [0.1, 0.15) is 30.0 Å². The van der Waals surface area contributed by atoms with Gasteiger partial charge in [-0.3, -0.25) is 4.79 Å². The summed E-state index contributed by atoms with van der Waals surface area (Å²) in [6, 6.07) is 4.19. The number of carbonyl (C=O) groups excluding carboxylic acids is 1. The van der Waals surface area contributed by atoms with E-state index in [1.165, 1.54) is 4.88 Å². The molecule has 96 valence electrons. The van der Waals surface area contributed by atoms with Gasteiger partial charge in [0.15, 0.2) is 0 Å². The van der Waals surface area contributed by atoms with E-state index in [9.17, 15) is 4.79 Å². The maximum Gasteiger partial charge on any atom is 0.133 e. The Kier molecular flexibility index (Phi) is 4.70. The van der Waals surface area contributed by atoms with Gasteiger partial charge in [0.25, 0.3) is 0 Å². The van der Waals surface area contributed by atoms with Crippen molar-refractivity contribution in [3.8, 4) is 0 Å². The summed E-state index contributed by atoms with van der Waals surface area (Å²) in [5.74, 6) is 1.33. The highest BCUT2D eigenvalue weighted by atomic mass is 32.1. The molecule has 2 heterocycles. The smallest absolute Gasteiger partial charge is 0.133 e. The summed E-state index contributed by atoms with van der Waals surface area (Å²) < 4.78 is 1.97. The standard InChI is InChI=1S/C14H18N2OS/c1-16-10-9-15-14(16)8-7-12(17)4-2-5-13-6-3-11-18-13/h3,6,9-11H,2,4-5,7-8H2,1H3. The molecule has 0 bridgehead atoms. The molecule has 0 aliphatic heterocycles. The summed E-state index contributed by atoms with van der Waals surface area (Å²) in [5, 5.41) is 2.08. The van der Waals surface area contributed by atoms with Crippen LogP contribution in [0, 0.1) is 0 Å². The van der Waals surface area contributed by atoms with Crippen molar-refractivity contribution in [2.24, 2.45) is 7.05 Å². The second-order valence-electron chi connectivity index (χ2n) is 4.43. The van der Waals surface area contributed by atoms with E-state index >= 15 is 0 Å². The highest BCUT2D eigenvalue weighted by molar-refractivity contribution is 7.09. The van der Waals surface area contributed by atoms with Crippen LogP contribution in [-0.2, 0) is 24.7 Å². The van der Waals surface area contributed by atoms with Gasteiger partial charge in [0.05, 0.1) is 0 Å². The second kappa shape index (κ2) is 6.50. The predicted molar refractivity (Wildman–Crippen MR) is 73.8 cm³/mol. The lowest BCUT2D eigenvalue weighted by atomic mass is 10.1. The molecule has 0 saturated carbocycles. The summed E-state index contributed by atoms with van der Waals surface area (Å²) in [4.78, 5) is 17.3. The van der Waals surface area contributed by atoms with Crippen molar-refractivity contribution in [1.29, 1.82) is 0 Å². The van der Waals surface area contributed by atoms with Crippen LogP contribution in [0.5, 0.6) is 0 Å². The zero-order valence-electron chi connectivity index (χ0n) is 10.6. The SMILES string of the molecule is Cn1ccnc1CCC(=O)CCCc1cccs1. The lowest BCUT2D eigenvalue weighted by Crippen LogP contribution is -2.04. The molecule has 2 aromatic heterocycles. The molecule has 0 fully saturated rings. The van der Waals surface area contributed by atoms with Crippen molar-refractivity contribution in [2.45, 2.75) is 32.1 Å². The number of ketones is 1. The summed E-state index contributed by atoms with van der Waals surface area (Å²) in [6.45, 7) is 0. The number of Topliss-reactive ketones (excluding diaryl/α,β-unsaturated/α-hetero) is 1. The van der Waals surface area contributed by atoms with Gasteiger partial charge in [0.1, 0.15) is 11.6 Å². The van der Waals surface area contributed by atoms with Gasteiger partial charge in [-0.25, -0.2) is 4.98 Å². The Morgan fingerprint density at radius 3 is 2.94 bits per heavy atom. The van der Waals surface area contributed by atoms with E-state index in [1.807, 2.05) is 17.8 Å². The molecule has 0 saturated heterocycles. The van der Waals surface area contributed by atoms with Crippen LogP contribution >= 0.6 is 11.3 Å². The monoisotopic (exact) mass is 262 g/mol. The van der Waals surface area contributed by atoms with Gasteiger partial charge in [-0.1, -0.05) is 6.07 Å². The van der Waals surface area contributed by atoms with E-state index in [0.717, 1.165) is 25.1 Å². The number of aromatic nitrogens is 2. The van der Waals surface area contributed by atoms with Gasteiger partial charge in [-0.2, -0.15) is 0 Å². The Morgan fingerprint density at radius 1 is 1.39 bits per heavy atom. The topological polar surface area (TPSA) is 34.9 Å². The molecular weight excluding hydrogens is 244 g/mol. The van der Waals surface area contributed by atoms with Crippen LogP contribution in [0.4, 0.5) is 0 Å². The fourth-order valence-electron chi connectivity index (χ4n) is 1.93. The Morgan fingerprint density at radius 2 is 2.28 bits per heavy atom. The van der Waals surface area contributed by atoms with Gasteiger partial charge in [0, 0.05) is 43.6 Å². The third kappa shape index (κ3) is 3.81. The minimum Gasteiger partial charge on any atom is -0.338 e. The van der Waals surface area contributed by atoms with Crippen LogP contribution < -0.4 is 0 Å². The molecule has 0 radical (unpaired) electrons. The quantitative estimate of drug-likeness (QED) is 0.769. The molecule has 0 aliphatic rings. The number of thiophene rings is 1. The molecule has 0 atom stereocenters. The zero-order valence-corrected chi connectivity index (χ0v) is 11.4. The summed E-state index contributed by atoms with van der Waals surface area (Å²) in [6.07, 6.45) is 7.71. The average Bonchev–Trinajstić information content (AvgIpc) is 2.98. The fraction of sp³-hybridized carbons (Fsp3) is 0.429. The number of rotatable bonds is 7. The normalized spacial score (nSPS) is 10.7. The minimum atomic E-state index is 0.342. The minimum absolute atomic E-state index is 0.342. The summed E-state index contributed by atoms with van der Waals surface area (Å²) in [7, 11) is 1.96. The van der Waals surface area contributed by atoms with E-state index < -0.39 is 0 Å². The molecule has 0 spiro atoms. The Labute approximate surface area is 111 Å². The van der Waals surface area contributed by atoms with Crippen LogP contribution in [-0.4, -0.2) is 15.3 Å². The number of imidazole rings is 1. The Bertz CT molecular complexity index is 488. The Hall–Kier alpha value is -1.42. The largest absolute Gasteiger partial charge is 0.338 e. The molecule has 0 amide bonds. The second-order valence-corrected chi connectivity index (χ2v) is 5.46. The first-order valence-corrected chi connectivity index (χ1v) is 7.14. The molecule has 2 rings (SSSR count). The Balaban J connectivity index is 1.65. The summed E-state index contributed by atoms with van der Waals surface area (Å²) in [5.41, 5.74) is 0. The molecule has 0 N–H and O–H groups in total. The van der Waals surface area contributed by atoms with Gasteiger partial charge < -0.3 is 4.57 Å². The molecule has 18 heavy (non-hydrogen) atoms. The third-order valence-corrected chi connectivity index (χ3v) is 3.94. The first-order chi connectivity index (χ1) is 8.75. The first-order valence-electron chi connectivity index (χ1n) is 6.26. The number of hydrogen-bond acceptors (Lipinski definition) is 3. The number of carbonyl (C=O) groups is 1. The van der Waals surface area contributed by atoms with Gasteiger partial charge in [-0.15, -0.1) is 11.3 Å². The lowest BCUT2D eigenvalue weighted by Gasteiger charge is -2.01. The first kappa shape index (κ1) is 13.0. The van der Waals surface area contributed by atoms with Crippen LogP contribution in [0.25, 0.3) is 0 Å². The van der Waals surface area contributed by atoms with Crippen LogP contribution in [0.15, 0.2) is 29.9 Å². The number of aryl methyl sites for hydroxylation is 3. The van der Waals surface area contributed by atoms with E-state index in [-0.39, 0.29) is 0 Å². The molecule has 3 nitrogen and oxygen atoms in total. The fourth-order valence-corrected chi connectivity index (χ4v) is 2.68. The van der Waals surface area contributed by atoms with E-state index in [4.69, 9.17) is 0 Å². The summed E-state index contributed by atoms with van der Waals surface area (Å²) >= 11 is 1.76. The maximum absolute atomic E-state index is 11.7. The molecule has 0 aromatic carbocycles. The third-order valence-electron chi connectivity index (χ3n) is 3.01. The molecule has 2 aromatic rings. The van der Waals surface area contributed by atoms with E-state index in [2.05, 4.69) is 22.5 Å². The van der Waals surface area contributed by atoms with Gasteiger partial charge in [-0.05, 0) is 24.3 Å². The van der Waals surface area contributed by atoms with Crippen molar-refractivity contribution in [3.05, 3.63) is 40.6 Å². The number of nitrogens with zero attached hydrogens (tertiary/aromatic N) is 2. The average molecular weight is 262 g/mol. The highest BCUT2D eigenvalue weighted by Gasteiger charge is 2.06.